The topological polar surface area (TPSA) is 84.2 Å². The van der Waals surface area contributed by atoms with Crippen LogP contribution < -0.4 is 16.4 Å². The number of halogens is 2. The lowest BCUT2D eigenvalue weighted by atomic mass is 10.0. The summed E-state index contributed by atoms with van der Waals surface area (Å²) < 4.78 is 0. The van der Waals surface area contributed by atoms with Crippen molar-refractivity contribution in [1.82, 2.24) is 5.32 Å². The van der Waals surface area contributed by atoms with Gasteiger partial charge in [-0.25, -0.2) is 0 Å². The van der Waals surface area contributed by atoms with Crippen LogP contribution in [0.25, 0.3) is 0 Å². The van der Waals surface area contributed by atoms with Crippen molar-refractivity contribution in [2.75, 3.05) is 11.9 Å². The molecule has 0 heterocycles. The summed E-state index contributed by atoms with van der Waals surface area (Å²) in [4.78, 5) is 24.1. The number of amides is 2. The normalized spacial score (nSPS) is 10.9. The molecule has 1 aromatic rings. The Morgan fingerprint density at radius 3 is 2.43 bits per heavy atom. The van der Waals surface area contributed by atoms with Crippen LogP contribution in [-0.2, 0) is 4.79 Å². The van der Waals surface area contributed by atoms with E-state index in [2.05, 4.69) is 10.6 Å². The van der Waals surface area contributed by atoms with Gasteiger partial charge in [-0.15, -0.1) is 12.4 Å². The highest BCUT2D eigenvalue weighted by Crippen LogP contribution is 2.21. The molecule has 0 fully saturated rings. The molecule has 0 radical (unpaired) electrons. The maximum atomic E-state index is 12.3. The van der Waals surface area contributed by atoms with Gasteiger partial charge in [0.1, 0.15) is 0 Å². The maximum absolute atomic E-state index is 12.3. The molecule has 0 aliphatic carbocycles. The van der Waals surface area contributed by atoms with Crippen LogP contribution >= 0.6 is 24.0 Å². The molecule has 0 aliphatic rings. The molecule has 2 amide bonds. The van der Waals surface area contributed by atoms with Crippen LogP contribution in [0.15, 0.2) is 18.2 Å². The third kappa shape index (κ3) is 7.20. The van der Waals surface area contributed by atoms with E-state index in [0.29, 0.717) is 29.2 Å². The lowest BCUT2D eigenvalue weighted by Gasteiger charge is -2.24. The SMILES string of the molecule is CC(C)CC(=O)Nc1ccc(Cl)c(C(=O)NC(C)(C)CN)c1.Cl. The van der Waals surface area contributed by atoms with E-state index < -0.39 is 5.54 Å². The van der Waals surface area contributed by atoms with Gasteiger partial charge in [-0.05, 0) is 38.0 Å². The van der Waals surface area contributed by atoms with Crippen molar-refractivity contribution in [3.63, 3.8) is 0 Å². The molecular formula is C16H25Cl2N3O2. The van der Waals surface area contributed by atoms with Crippen LogP contribution in [0, 0.1) is 5.92 Å². The molecule has 0 unspecified atom stereocenters. The molecule has 0 aliphatic heterocycles. The number of rotatable bonds is 6. The van der Waals surface area contributed by atoms with E-state index in [-0.39, 0.29) is 30.1 Å². The molecule has 5 nitrogen and oxygen atoms in total. The van der Waals surface area contributed by atoms with Crippen LogP contribution in [0.3, 0.4) is 0 Å². The van der Waals surface area contributed by atoms with Crippen molar-refractivity contribution < 1.29 is 9.59 Å². The molecular weight excluding hydrogens is 337 g/mol. The summed E-state index contributed by atoms with van der Waals surface area (Å²) in [6.07, 6.45) is 0.421. The van der Waals surface area contributed by atoms with E-state index in [1.54, 1.807) is 18.2 Å². The third-order valence-electron chi connectivity index (χ3n) is 3.05. The molecule has 0 atom stereocenters. The number of hydrogen-bond donors (Lipinski definition) is 3. The van der Waals surface area contributed by atoms with Crippen LogP contribution in [0.5, 0.6) is 0 Å². The largest absolute Gasteiger partial charge is 0.346 e. The van der Waals surface area contributed by atoms with E-state index >= 15 is 0 Å². The summed E-state index contributed by atoms with van der Waals surface area (Å²) in [5, 5.41) is 5.91. The number of anilines is 1. The molecule has 130 valence electrons. The van der Waals surface area contributed by atoms with Crippen LogP contribution in [0.4, 0.5) is 5.69 Å². The summed E-state index contributed by atoms with van der Waals surface area (Å²) in [6.45, 7) is 7.89. The van der Waals surface area contributed by atoms with E-state index in [1.165, 1.54) is 0 Å². The van der Waals surface area contributed by atoms with Crippen molar-refractivity contribution in [1.29, 1.82) is 0 Å². The monoisotopic (exact) mass is 361 g/mol. The molecule has 0 spiro atoms. The molecule has 1 rings (SSSR count). The minimum atomic E-state index is -0.530. The number of benzene rings is 1. The van der Waals surface area contributed by atoms with E-state index in [0.717, 1.165) is 0 Å². The Kier molecular flexibility index (Phi) is 8.59. The van der Waals surface area contributed by atoms with E-state index in [1.807, 2.05) is 27.7 Å². The zero-order valence-corrected chi connectivity index (χ0v) is 15.5. The van der Waals surface area contributed by atoms with Gasteiger partial charge >= 0.3 is 0 Å². The Balaban J connectivity index is 0.00000484. The molecule has 1 aromatic carbocycles. The van der Waals surface area contributed by atoms with Gasteiger partial charge in [0.05, 0.1) is 10.6 Å². The van der Waals surface area contributed by atoms with Gasteiger partial charge in [-0.1, -0.05) is 25.4 Å². The number of nitrogens with two attached hydrogens (primary N) is 1. The highest BCUT2D eigenvalue weighted by Gasteiger charge is 2.21. The Bertz CT molecular complexity index is 560. The Morgan fingerprint density at radius 2 is 1.91 bits per heavy atom. The summed E-state index contributed by atoms with van der Waals surface area (Å²) in [5.41, 5.74) is 5.94. The fourth-order valence-electron chi connectivity index (χ4n) is 1.79. The summed E-state index contributed by atoms with van der Waals surface area (Å²) in [5.74, 6) is -0.146. The first-order valence-corrected chi connectivity index (χ1v) is 7.64. The Morgan fingerprint density at radius 1 is 1.30 bits per heavy atom. The fourth-order valence-corrected chi connectivity index (χ4v) is 1.99. The second-order valence-electron chi connectivity index (χ2n) is 6.38. The van der Waals surface area contributed by atoms with Crippen molar-refractivity contribution in [3.05, 3.63) is 28.8 Å². The summed E-state index contributed by atoms with van der Waals surface area (Å²) in [6, 6.07) is 4.84. The Labute approximate surface area is 148 Å². The smallest absolute Gasteiger partial charge is 0.253 e. The number of carbonyl (C=O) groups excluding carboxylic acids is 2. The minimum Gasteiger partial charge on any atom is -0.346 e. The Hall–Kier alpha value is -1.30. The first kappa shape index (κ1) is 21.7. The van der Waals surface area contributed by atoms with Gasteiger partial charge in [0, 0.05) is 24.2 Å². The highest BCUT2D eigenvalue weighted by atomic mass is 35.5. The average molecular weight is 362 g/mol. The van der Waals surface area contributed by atoms with Crippen LogP contribution in [0.1, 0.15) is 44.5 Å². The van der Waals surface area contributed by atoms with Gasteiger partial charge in [0.15, 0.2) is 0 Å². The zero-order chi connectivity index (χ0) is 16.9. The van der Waals surface area contributed by atoms with Crippen molar-refractivity contribution in [3.8, 4) is 0 Å². The standard InChI is InChI=1S/C16H24ClN3O2.ClH/c1-10(2)7-14(21)19-11-5-6-13(17)12(8-11)15(22)20-16(3,4)9-18;/h5-6,8,10H,7,9,18H2,1-4H3,(H,19,21)(H,20,22);1H. The lowest BCUT2D eigenvalue weighted by molar-refractivity contribution is -0.116. The second kappa shape index (κ2) is 9.11. The summed E-state index contributed by atoms with van der Waals surface area (Å²) >= 11 is 6.08. The van der Waals surface area contributed by atoms with Crippen molar-refractivity contribution in [2.45, 2.75) is 39.7 Å². The van der Waals surface area contributed by atoms with Gasteiger partial charge in [0.2, 0.25) is 5.91 Å². The predicted molar refractivity (Wildman–Crippen MR) is 97.4 cm³/mol. The molecule has 4 N–H and O–H groups in total. The third-order valence-corrected chi connectivity index (χ3v) is 3.38. The quantitative estimate of drug-likeness (QED) is 0.727. The molecule has 23 heavy (non-hydrogen) atoms. The number of carbonyl (C=O) groups is 2. The van der Waals surface area contributed by atoms with Crippen molar-refractivity contribution in [2.24, 2.45) is 11.7 Å². The molecule has 7 heteroatoms. The first-order chi connectivity index (χ1) is 10.1. The average Bonchev–Trinajstić information content (AvgIpc) is 2.39. The molecule has 0 saturated heterocycles. The van der Waals surface area contributed by atoms with E-state index in [4.69, 9.17) is 17.3 Å². The van der Waals surface area contributed by atoms with Gasteiger partial charge < -0.3 is 16.4 Å². The van der Waals surface area contributed by atoms with E-state index in [9.17, 15) is 9.59 Å². The highest BCUT2D eigenvalue weighted by molar-refractivity contribution is 6.34. The molecule has 0 bridgehead atoms. The molecule has 0 saturated carbocycles. The minimum absolute atomic E-state index is 0. The van der Waals surface area contributed by atoms with Crippen LogP contribution in [-0.4, -0.2) is 23.9 Å². The predicted octanol–water partition coefficient (Wildman–Crippen LogP) is 3.21. The zero-order valence-electron chi connectivity index (χ0n) is 13.9. The maximum Gasteiger partial charge on any atom is 0.253 e. The van der Waals surface area contributed by atoms with Gasteiger partial charge in [0.25, 0.3) is 5.91 Å². The first-order valence-electron chi connectivity index (χ1n) is 7.26. The van der Waals surface area contributed by atoms with Gasteiger partial charge in [-0.3, -0.25) is 9.59 Å². The van der Waals surface area contributed by atoms with Crippen molar-refractivity contribution >= 4 is 41.5 Å². The van der Waals surface area contributed by atoms with Crippen LogP contribution in [0.2, 0.25) is 5.02 Å². The number of hydrogen-bond acceptors (Lipinski definition) is 3. The van der Waals surface area contributed by atoms with Gasteiger partial charge in [-0.2, -0.15) is 0 Å². The number of nitrogens with one attached hydrogen (secondary N) is 2. The second-order valence-corrected chi connectivity index (χ2v) is 6.79. The fraction of sp³-hybridized carbons (Fsp3) is 0.500. The lowest BCUT2D eigenvalue weighted by Crippen LogP contribution is -2.48. The molecule has 0 aromatic heterocycles. The summed E-state index contributed by atoms with van der Waals surface area (Å²) in [7, 11) is 0.